The number of hydrogen-bond acceptors (Lipinski definition) is 3. The number of ether oxygens (including phenoxy) is 1. The van der Waals surface area contributed by atoms with Crippen molar-refractivity contribution in [3.8, 4) is 0 Å². The maximum absolute atomic E-state index is 10.8. The number of benzene rings is 1. The predicted molar refractivity (Wildman–Crippen MR) is 69.2 cm³/mol. The van der Waals surface area contributed by atoms with E-state index in [1.54, 1.807) is 12.1 Å². The lowest BCUT2D eigenvalue weighted by Crippen LogP contribution is -2.36. The summed E-state index contributed by atoms with van der Waals surface area (Å²) in [6, 6.07) is 5.22. The summed E-state index contributed by atoms with van der Waals surface area (Å²) in [6.07, 6.45) is 0. The fourth-order valence-electron chi connectivity index (χ4n) is 1.70. The van der Waals surface area contributed by atoms with Crippen LogP contribution in [0.25, 0.3) is 0 Å². The molecule has 16 heavy (non-hydrogen) atoms. The highest BCUT2D eigenvalue weighted by molar-refractivity contribution is 14.1. The van der Waals surface area contributed by atoms with Gasteiger partial charge in [-0.15, -0.1) is 0 Å². The first-order valence-electron chi connectivity index (χ1n) is 5.04. The van der Waals surface area contributed by atoms with Crippen molar-refractivity contribution in [2.45, 2.75) is 0 Å². The summed E-state index contributed by atoms with van der Waals surface area (Å²) in [5.41, 5.74) is 1.43. The van der Waals surface area contributed by atoms with Crippen LogP contribution in [0.3, 0.4) is 0 Å². The lowest BCUT2D eigenvalue weighted by Gasteiger charge is -2.29. The van der Waals surface area contributed by atoms with Gasteiger partial charge in [0.05, 0.1) is 24.5 Å². The number of carboxylic acids is 1. The van der Waals surface area contributed by atoms with Gasteiger partial charge >= 0.3 is 5.97 Å². The molecule has 1 saturated heterocycles. The van der Waals surface area contributed by atoms with Gasteiger partial charge in [-0.2, -0.15) is 0 Å². The number of nitrogens with zero attached hydrogens (tertiary/aromatic N) is 1. The predicted octanol–water partition coefficient (Wildman–Crippen LogP) is 1.83. The van der Waals surface area contributed by atoms with Crippen LogP contribution in [-0.4, -0.2) is 37.4 Å². The molecule has 0 atom stereocenters. The van der Waals surface area contributed by atoms with E-state index in [0.29, 0.717) is 5.56 Å². The van der Waals surface area contributed by atoms with Crippen molar-refractivity contribution in [3.63, 3.8) is 0 Å². The van der Waals surface area contributed by atoms with Crippen LogP contribution in [0.5, 0.6) is 0 Å². The molecule has 1 aliphatic heterocycles. The van der Waals surface area contributed by atoms with Crippen molar-refractivity contribution in [2.24, 2.45) is 0 Å². The molecule has 0 amide bonds. The van der Waals surface area contributed by atoms with Crippen LogP contribution in [0.4, 0.5) is 5.69 Å². The third-order valence-corrected chi connectivity index (χ3v) is 3.41. The average molecular weight is 333 g/mol. The maximum atomic E-state index is 10.8. The molecule has 0 unspecified atom stereocenters. The Morgan fingerprint density at radius 3 is 2.62 bits per heavy atom. The lowest BCUT2D eigenvalue weighted by molar-refractivity contribution is 0.0697. The highest BCUT2D eigenvalue weighted by atomic mass is 127. The zero-order valence-electron chi connectivity index (χ0n) is 8.65. The Morgan fingerprint density at radius 2 is 2.06 bits per heavy atom. The zero-order valence-corrected chi connectivity index (χ0v) is 10.8. The van der Waals surface area contributed by atoms with Crippen molar-refractivity contribution in [1.29, 1.82) is 0 Å². The van der Waals surface area contributed by atoms with E-state index in [1.807, 2.05) is 6.07 Å². The number of hydrogen-bond donors (Lipinski definition) is 1. The number of aromatic carboxylic acids is 1. The SMILES string of the molecule is O=C(O)c1ccc(N2CCOCC2)c(I)c1. The largest absolute Gasteiger partial charge is 0.478 e. The molecule has 0 aromatic heterocycles. The first-order valence-corrected chi connectivity index (χ1v) is 6.12. The van der Waals surface area contributed by atoms with Gasteiger partial charge < -0.3 is 14.7 Å². The molecule has 0 saturated carbocycles. The Morgan fingerprint density at radius 1 is 1.38 bits per heavy atom. The molecule has 1 N–H and O–H groups in total. The first-order chi connectivity index (χ1) is 7.68. The highest BCUT2D eigenvalue weighted by Crippen LogP contribution is 2.24. The van der Waals surface area contributed by atoms with E-state index in [-0.39, 0.29) is 0 Å². The minimum absolute atomic E-state index is 0.335. The lowest BCUT2D eigenvalue weighted by atomic mass is 10.2. The van der Waals surface area contributed by atoms with E-state index in [9.17, 15) is 4.79 Å². The van der Waals surface area contributed by atoms with Crippen molar-refractivity contribution < 1.29 is 14.6 Å². The molecule has 0 bridgehead atoms. The van der Waals surface area contributed by atoms with Gasteiger partial charge in [-0.1, -0.05) is 0 Å². The van der Waals surface area contributed by atoms with Crippen LogP contribution in [0, 0.1) is 3.57 Å². The summed E-state index contributed by atoms with van der Waals surface area (Å²) in [6.45, 7) is 3.19. The van der Waals surface area contributed by atoms with Crippen molar-refractivity contribution in [3.05, 3.63) is 27.3 Å². The third-order valence-electron chi connectivity index (χ3n) is 2.55. The second-order valence-corrected chi connectivity index (χ2v) is 4.73. The van der Waals surface area contributed by atoms with Gasteiger partial charge in [0.25, 0.3) is 0 Å². The Hall–Kier alpha value is -0.820. The molecule has 86 valence electrons. The second kappa shape index (κ2) is 5.01. The average Bonchev–Trinajstić information content (AvgIpc) is 2.30. The zero-order chi connectivity index (χ0) is 11.5. The number of carbonyl (C=O) groups is 1. The van der Waals surface area contributed by atoms with Crippen LogP contribution >= 0.6 is 22.6 Å². The molecule has 1 fully saturated rings. The van der Waals surface area contributed by atoms with E-state index in [1.165, 1.54) is 0 Å². The summed E-state index contributed by atoms with van der Waals surface area (Å²) in [5, 5.41) is 8.87. The van der Waals surface area contributed by atoms with Crippen LogP contribution in [-0.2, 0) is 4.74 Å². The normalized spacial score (nSPS) is 16.2. The van der Waals surface area contributed by atoms with E-state index < -0.39 is 5.97 Å². The van der Waals surface area contributed by atoms with Crippen molar-refractivity contribution >= 4 is 34.2 Å². The molecule has 0 aliphatic carbocycles. The molecule has 1 aromatic carbocycles. The third kappa shape index (κ3) is 2.46. The Kier molecular flexibility index (Phi) is 3.65. The number of rotatable bonds is 2. The Labute approximate surface area is 107 Å². The standard InChI is InChI=1S/C11H12INO3/c12-9-7-8(11(14)15)1-2-10(9)13-3-5-16-6-4-13/h1-2,7H,3-6H2,(H,14,15). The van der Waals surface area contributed by atoms with Crippen LogP contribution in [0.1, 0.15) is 10.4 Å². The summed E-state index contributed by atoms with van der Waals surface area (Å²) < 4.78 is 6.26. The fourth-order valence-corrected chi connectivity index (χ4v) is 2.56. The monoisotopic (exact) mass is 333 g/mol. The quantitative estimate of drug-likeness (QED) is 0.839. The van der Waals surface area contributed by atoms with E-state index in [4.69, 9.17) is 9.84 Å². The number of carboxylic acid groups (broad SMARTS) is 1. The van der Waals surface area contributed by atoms with E-state index >= 15 is 0 Å². The summed E-state index contributed by atoms with van der Waals surface area (Å²) in [7, 11) is 0. The minimum Gasteiger partial charge on any atom is -0.478 e. The fraction of sp³-hybridized carbons (Fsp3) is 0.364. The second-order valence-electron chi connectivity index (χ2n) is 3.57. The highest BCUT2D eigenvalue weighted by Gasteiger charge is 2.15. The van der Waals surface area contributed by atoms with Gasteiger partial charge in [-0.05, 0) is 40.8 Å². The van der Waals surface area contributed by atoms with Crippen LogP contribution in [0.15, 0.2) is 18.2 Å². The minimum atomic E-state index is -0.883. The molecule has 1 aromatic rings. The molecular weight excluding hydrogens is 321 g/mol. The van der Waals surface area contributed by atoms with Crippen LogP contribution in [0.2, 0.25) is 0 Å². The van der Waals surface area contributed by atoms with Crippen molar-refractivity contribution in [2.75, 3.05) is 31.2 Å². The molecule has 4 nitrogen and oxygen atoms in total. The topological polar surface area (TPSA) is 49.8 Å². The Balaban J connectivity index is 2.24. The van der Waals surface area contributed by atoms with Crippen molar-refractivity contribution in [1.82, 2.24) is 0 Å². The van der Waals surface area contributed by atoms with E-state index in [0.717, 1.165) is 35.6 Å². The number of morpholine rings is 1. The van der Waals surface area contributed by atoms with Gasteiger partial charge in [0.15, 0.2) is 0 Å². The van der Waals surface area contributed by atoms with Gasteiger partial charge in [-0.3, -0.25) is 0 Å². The van der Waals surface area contributed by atoms with Gasteiger partial charge in [0.2, 0.25) is 0 Å². The molecule has 1 aliphatic rings. The summed E-state index contributed by atoms with van der Waals surface area (Å²) >= 11 is 2.18. The first kappa shape index (κ1) is 11.7. The van der Waals surface area contributed by atoms with Gasteiger partial charge in [0, 0.05) is 16.7 Å². The summed E-state index contributed by atoms with van der Waals surface area (Å²) in [4.78, 5) is 13.0. The number of anilines is 1. The molecular formula is C11H12INO3. The molecule has 1 heterocycles. The molecule has 5 heteroatoms. The molecule has 0 radical (unpaired) electrons. The van der Waals surface area contributed by atoms with Crippen LogP contribution < -0.4 is 4.90 Å². The van der Waals surface area contributed by atoms with Gasteiger partial charge in [-0.25, -0.2) is 4.79 Å². The molecule has 2 rings (SSSR count). The Bertz CT molecular complexity index is 402. The van der Waals surface area contributed by atoms with E-state index in [2.05, 4.69) is 27.5 Å². The summed E-state index contributed by atoms with van der Waals surface area (Å²) in [5.74, 6) is -0.883. The van der Waals surface area contributed by atoms with Gasteiger partial charge in [0.1, 0.15) is 0 Å². The maximum Gasteiger partial charge on any atom is 0.335 e. The molecule has 0 spiro atoms. The smallest absolute Gasteiger partial charge is 0.335 e. The number of halogens is 1.